The molecule has 1 aliphatic carbocycles. The molecule has 184 valence electrons. The molecule has 1 unspecified atom stereocenters. The van der Waals surface area contributed by atoms with Crippen LogP contribution in [0.2, 0.25) is 0 Å². The number of amides is 1. The summed E-state index contributed by atoms with van der Waals surface area (Å²) in [5, 5.41) is 6.35. The smallest absolute Gasteiger partial charge is 0.252 e. The standard InChI is InChI=1S/C26H29F2N5O2/c1-16-14-33(15-17(2)35-16)22-5-3-4-21(6-7-22)32-25-11-24(23(13-31-25)26(29)34)30-12-18-8-19(27)10-20(28)9-18/h3-11,13,16-17,21H,12,14-15H2,1-2H3,(H2,29,34)(H2,30,31,32)/t16-,17+,21?. The molecule has 1 saturated heterocycles. The van der Waals surface area contributed by atoms with Gasteiger partial charge in [0.1, 0.15) is 17.5 Å². The van der Waals surface area contributed by atoms with Crippen LogP contribution in [0.1, 0.15) is 29.8 Å². The Balaban J connectivity index is 1.46. The van der Waals surface area contributed by atoms with Gasteiger partial charge in [0, 0.05) is 43.7 Å². The third kappa shape index (κ3) is 6.45. The van der Waals surface area contributed by atoms with Gasteiger partial charge in [-0.2, -0.15) is 0 Å². The third-order valence-corrected chi connectivity index (χ3v) is 5.73. The number of nitrogens with zero attached hydrogens (tertiary/aromatic N) is 2. The van der Waals surface area contributed by atoms with E-state index in [1.54, 1.807) is 6.07 Å². The number of ether oxygens (including phenoxy) is 1. The second kappa shape index (κ2) is 10.7. The van der Waals surface area contributed by atoms with Crippen LogP contribution in [-0.4, -0.2) is 47.1 Å². The van der Waals surface area contributed by atoms with Crippen LogP contribution in [0.25, 0.3) is 0 Å². The molecule has 35 heavy (non-hydrogen) atoms. The summed E-state index contributed by atoms with van der Waals surface area (Å²) < 4.78 is 32.9. The van der Waals surface area contributed by atoms with E-state index in [1.807, 2.05) is 18.2 Å². The minimum atomic E-state index is -0.671. The zero-order valence-electron chi connectivity index (χ0n) is 19.7. The molecular formula is C26H29F2N5O2. The minimum absolute atomic E-state index is 0.103. The number of allylic oxidation sites excluding steroid dienone is 3. The average Bonchev–Trinajstić information content (AvgIpc) is 3.02. The van der Waals surface area contributed by atoms with Gasteiger partial charge >= 0.3 is 0 Å². The Kier molecular flexibility index (Phi) is 7.45. The lowest BCUT2D eigenvalue weighted by Gasteiger charge is -2.37. The zero-order chi connectivity index (χ0) is 24.9. The number of pyridine rings is 1. The Labute approximate surface area is 203 Å². The van der Waals surface area contributed by atoms with Crippen molar-refractivity contribution in [1.82, 2.24) is 9.88 Å². The number of nitrogens with one attached hydrogen (secondary N) is 2. The normalized spacial score (nSPS) is 21.9. The molecule has 4 N–H and O–H groups in total. The fourth-order valence-corrected chi connectivity index (χ4v) is 4.25. The van der Waals surface area contributed by atoms with E-state index >= 15 is 0 Å². The first-order valence-electron chi connectivity index (χ1n) is 11.5. The molecular weight excluding hydrogens is 452 g/mol. The largest absolute Gasteiger partial charge is 0.380 e. The van der Waals surface area contributed by atoms with Crippen molar-refractivity contribution in [2.75, 3.05) is 23.7 Å². The molecule has 9 heteroatoms. The molecule has 3 atom stereocenters. The Hall–Kier alpha value is -3.72. The fraction of sp³-hybridized carbons (Fsp3) is 0.308. The molecule has 1 aromatic heterocycles. The van der Waals surface area contributed by atoms with Gasteiger partial charge in [0.15, 0.2) is 0 Å². The van der Waals surface area contributed by atoms with Crippen LogP contribution in [0, 0.1) is 11.6 Å². The van der Waals surface area contributed by atoms with Crippen molar-refractivity contribution < 1.29 is 18.3 Å². The van der Waals surface area contributed by atoms with E-state index in [1.165, 1.54) is 18.3 Å². The fourth-order valence-electron chi connectivity index (χ4n) is 4.25. The van der Waals surface area contributed by atoms with Gasteiger partial charge in [-0.25, -0.2) is 13.8 Å². The summed E-state index contributed by atoms with van der Waals surface area (Å²) in [7, 11) is 0. The highest BCUT2D eigenvalue weighted by Crippen LogP contribution is 2.22. The number of carbonyl (C=O) groups is 1. The third-order valence-electron chi connectivity index (χ3n) is 5.73. The van der Waals surface area contributed by atoms with Crippen molar-refractivity contribution in [3.8, 4) is 0 Å². The van der Waals surface area contributed by atoms with Crippen LogP contribution >= 0.6 is 0 Å². The molecule has 2 heterocycles. The van der Waals surface area contributed by atoms with Crippen molar-refractivity contribution in [2.24, 2.45) is 5.73 Å². The zero-order valence-corrected chi connectivity index (χ0v) is 19.7. The number of morpholine rings is 1. The second-order valence-corrected chi connectivity index (χ2v) is 8.78. The first kappa shape index (κ1) is 24.4. The van der Waals surface area contributed by atoms with Gasteiger partial charge in [0.25, 0.3) is 5.91 Å². The molecule has 1 amide bonds. The van der Waals surface area contributed by atoms with Crippen LogP contribution in [0.5, 0.6) is 0 Å². The molecule has 0 saturated carbocycles. The minimum Gasteiger partial charge on any atom is -0.380 e. The van der Waals surface area contributed by atoms with Crippen LogP contribution < -0.4 is 16.4 Å². The molecule has 1 fully saturated rings. The summed E-state index contributed by atoms with van der Waals surface area (Å²) in [4.78, 5) is 18.5. The van der Waals surface area contributed by atoms with Gasteiger partial charge in [-0.15, -0.1) is 0 Å². The number of nitrogens with two attached hydrogens (primary N) is 1. The van der Waals surface area contributed by atoms with E-state index in [9.17, 15) is 13.6 Å². The molecule has 0 spiro atoms. The number of hydrogen-bond donors (Lipinski definition) is 3. The number of primary amides is 1. The number of benzene rings is 1. The second-order valence-electron chi connectivity index (χ2n) is 8.78. The summed E-state index contributed by atoms with van der Waals surface area (Å²) in [5.41, 5.74) is 7.58. The predicted molar refractivity (Wildman–Crippen MR) is 132 cm³/mol. The SMILES string of the molecule is C[C@@H]1CN(C2=CC=CC(Nc3cc(NCc4cc(F)cc(F)c4)c(C(N)=O)cn3)C=C2)C[C@H](C)O1. The molecule has 2 aromatic rings. The van der Waals surface area contributed by atoms with Gasteiger partial charge in [-0.05, 0) is 43.7 Å². The van der Waals surface area contributed by atoms with Gasteiger partial charge in [-0.1, -0.05) is 18.2 Å². The van der Waals surface area contributed by atoms with Crippen molar-refractivity contribution in [2.45, 2.75) is 38.6 Å². The quantitative estimate of drug-likeness (QED) is 0.554. The first-order chi connectivity index (χ1) is 16.8. The van der Waals surface area contributed by atoms with E-state index in [0.29, 0.717) is 17.1 Å². The maximum Gasteiger partial charge on any atom is 0.252 e. The Bertz CT molecular complexity index is 1150. The van der Waals surface area contributed by atoms with Crippen LogP contribution in [-0.2, 0) is 11.3 Å². The summed E-state index contributed by atoms with van der Waals surface area (Å²) in [6.45, 7) is 5.90. The van der Waals surface area contributed by atoms with Crippen molar-refractivity contribution >= 4 is 17.4 Å². The van der Waals surface area contributed by atoms with Gasteiger partial charge in [0.05, 0.1) is 29.5 Å². The molecule has 7 nitrogen and oxygen atoms in total. The van der Waals surface area contributed by atoms with E-state index < -0.39 is 17.5 Å². The topological polar surface area (TPSA) is 92.5 Å². The average molecular weight is 482 g/mol. The molecule has 1 aromatic carbocycles. The van der Waals surface area contributed by atoms with Crippen LogP contribution in [0.3, 0.4) is 0 Å². The van der Waals surface area contributed by atoms with Crippen molar-refractivity contribution in [3.63, 3.8) is 0 Å². The highest BCUT2D eigenvalue weighted by atomic mass is 19.1. The van der Waals surface area contributed by atoms with E-state index in [2.05, 4.69) is 46.5 Å². The maximum atomic E-state index is 13.5. The number of hydrogen-bond acceptors (Lipinski definition) is 6. The van der Waals surface area contributed by atoms with Gasteiger partial charge < -0.3 is 26.0 Å². The van der Waals surface area contributed by atoms with E-state index in [0.717, 1.165) is 24.9 Å². The number of carbonyl (C=O) groups excluding carboxylic acids is 1. The molecule has 0 radical (unpaired) electrons. The highest BCUT2D eigenvalue weighted by Gasteiger charge is 2.23. The Morgan fingerprint density at radius 3 is 2.54 bits per heavy atom. The molecule has 4 rings (SSSR count). The summed E-state index contributed by atoms with van der Waals surface area (Å²) in [6.07, 6.45) is 11.9. The molecule has 2 aliphatic rings. The molecule has 0 bridgehead atoms. The monoisotopic (exact) mass is 481 g/mol. The highest BCUT2D eigenvalue weighted by molar-refractivity contribution is 5.98. The Morgan fingerprint density at radius 2 is 1.86 bits per heavy atom. The van der Waals surface area contributed by atoms with Crippen LogP contribution in [0.15, 0.2) is 66.5 Å². The van der Waals surface area contributed by atoms with E-state index in [4.69, 9.17) is 10.5 Å². The van der Waals surface area contributed by atoms with Crippen molar-refractivity contribution in [3.05, 3.63) is 89.3 Å². The number of aromatic nitrogens is 1. The number of rotatable bonds is 7. The Morgan fingerprint density at radius 1 is 1.14 bits per heavy atom. The van der Waals surface area contributed by atoms with Gasteiger partial charge in [-0.3, -0.25) is 4.79 Å². The summed E-state index contributed by atoms with van der Waals surface area (Å²) in [6, 6.07) is 4.77. The lowest BCUT2D eigenvalue weighted by molar-refractivity contribution is -0.0567. The summed E-state index contributed by atoms with van der Waals surface area (Å²) in [5.74, 6) is -1.49. The number of anilines is 2. The lowest BCUT2D eigenvalue weighted by atomic mass is 10.1. The first-order valence-corrected chi connectivity index (χ1v) is 11.5. The van der Waals surface area contributed by atoms with Crippen LogP contribution in [0.4, 0.5) is 20.3 Å². The summed E-state index contributed by atoms with van der Waals surface area (Å²) >= 11 is 0. The van der Waals surface area contributed by atoms with E-state index in [-0.39, 0.29) is 30.4 Å². The maximum absolute atomic E-state index is 13.5. The lowest BCUT2D eigenvalue weighted by Crippen LogP contribution is -2.44. The van der Waals surface area contributed by atoms with Gasteiger partial charge in [0.2, 0.25) is 0 Å². The van der Waals surface area contributed by atoms with Crippen molar-refractivity contribution in [1.29, 1.82) is 0 Å². The predicted octanol–water partition coefficient (Wildman–Crippen LogP) is 3.97. The number of halogens is 2. The molecule has 1 aliphatic heterocycles.